The van der Waals surface area contributed by atoms with Crippen LogP contribution in [0.5, 0.6) is 0 Å². The molecule has 7 rings (SSSR count). The first kappa shape index (κ1) is 21.8. The highest BCUT2D eigenvalue weighted by molar-refractivity contribution is 5.91. The fourth-order valence-corrected chi connectivity index (χ4v) is 5.80. The maximum absolute atomic E-state index is 4.86. The van der Waals surface area contributed by atoms with Gasteiger partial charge in [0.2, 0.25) is 0 Å². The normalized spacial score (nSPS) is 20.8. The molecule has 0 spiro atoms. The number of imidazole rings is 2. The van der Waals surface area contributed by atoms with Crippen molar-refractivity contribution in [1.82, 2.24) is 30.6 Å². The molecule has 36 heavy (non-hydrogen) atoms. The van der Waals surface area contributed by atoms with Crippen LogP contribution in [0.15, 0.2) is 60.8 Å². The summed E-state index contributed by atoms with van der Waals surface area (Å²) in [5, 5.41) is 9.64. The lowest BCUT2D eigenvalue weighted by Crippen LogP contribution is -2.27. The summed E-state index contributed by atoms with van der Waals surface area (Å²) in [7, 11) is 0. The van der Waals surface area contributed by atoms with Gasteiger partial charge in [0, 0.05) is 5.56 Å². The molecule has 2 aromatic heterocycles. The molecule has 2 aliphatic heterocycles. The molecule has 0 saturated carbocycles. The van der Waals surface area contributed by atoms with Gasteiger partial charge < -0.3 is 20.6 Å². The summed E-state index contributed by atoms with van der Waals surface area (Å²) >= 11 is 0. The second kappa shape index (κ2) is 9.19. The van der Waals surface area contributed by atoms with Crippen LogP contribution in [-0.2, 0) is 0 Å². The zero-order valence-corrected chi connectivity index (χ0v) is 20.5. The number of nitrogens with one attached hydrogen (secondary N) is 4. The molecule has 2 atom stereocenters. The van der Waals surface area contributed by atoms with E-state index in [4.69, 9.17) is 4.98 Å². The average molecular weight is 477 g/mol. The Labute approximate surface area is 211 Å². The summed E-state index contributed by atoms with van der Waals surface area (Å²) in [5.41, 5.74) is 6.82. The van der Waals surface area contributed by atoms with Gasteiger partial charge in [0.1, 0.15) is 11.6 Å². The highest BCUT2D eigenvalue weighted by Crippen LogP contribution is 2.31. The van der Waals surface area contributed by atoms with Crippen molar-refractivity contribution in [1.29, 1.82) is 0 Å². The molecule has 6 nitrogen and oxygen atoms in total. The van der Waals surface area contributed by atoms with E-state index in [0.717, 1.165) is 54.3 Å². The zero-order chi connectivity index (χ0) is 23.9. The van der Waals surface area contributed by atoms with Gasteiger partial charge in [-0.15, -0.1) is 0 Å². The Kier molecular flexibility index (Phi) is 5.56. The summed E-state index contributed by atoms with van der Waals surface area (Å²) in [5.74, 6) is 2.12. The summed E-state index contributed by atoms with van der Waals surface area (Å²) in [4.78, 5) is 16.7. The van der Waals surface area contributed by atoms with Crippen molar-refractivity contribution in [3.63, 3.8) is 0 Å². The Morgan fingerprint density at radius 3 is 2.06 bits per heavy atom. The Morgan fingerprint density at radius 1 is 0.639 bits per heavy atom. The summed E-state index contributed by atoms with van der Waals surface area (Å²) in [6.07, 6.45) is 9.30. The largest absolute Gasteiger partial charge is 0.341 e. The molecule has 2 aliphatic rings. The smallest absolute Gasteiger partial charge is 0.124 e. The molecule has 2 unspecified atom stereocenters. The van der Waals surface area contributed by atoms with E-state index in [1.807, 2.05) is 6.20 Å². The molecular weight excluding hydrogens is 444 g/mol. The van der Waals surface area contributed by atoms with Crippen molar-refractivity contribution < 1.29 is 0 Å². The van der Waals surface area contributed by atoms with Gasteiger partial charge in [0.05, 0.1) is 35.0 Å². The van der Waals surface area contributed by atoms with E-state index in [1.54, 1.807) is 0 Å². The number of H-pyrrole nitrogens is 2. The Balaban J connectivity index is 1.15. The summed E-state index contributed by atoms with van der Waals surface area (Å²) < 4.78 is 0. The third-order valence-corrected chi connectivity index (χ3v) is 7.86. The van der Waals surface area contributed by atoms with Gasteiger partial charge in [-0.2, -0.15) is 0 Å². The van der Waals surface area contributed by atoms with E-state index in [1.165, 1.54) is 53.1 Å². The Morgan fingerprint density at radius 2 is 1.31 bits per heavy atom. The number of hydrogen-bond acceptors (Lipinski definition) is 4. The molecule has 4 N–H and O–H groups in total. The number of rotatable bonds is 4. The minimum atomic E-state index is 0.342. The molecule has 182 valence electrons. The zero-order valence-electron chi connectivity index (χ0n) is 20.5. The van der Waals surface area contributed by atoms with Crippen molar-refractivity contribution in [2.24, 2.45) is 0 Å². The van der Waals surface area contributed by atoms with Gasteiger partial charge in [0.15, 0.2) is 0 Å². The number of aromatic amines is 2. The second-order valence-electron chi connectivity index (χ2n) is 10.3. The average Bonchev–Trinajstić information content (AvgIpc) is 3.61. The molecule has 0 aliphatic carbocycles. The number of piperidine rings is 2. The van der Waals surface area contributed by atoms with Crippen LogP contribution in [0, 0.1) is 0 Å². The second-order valence-corrected chi connectivity index (χ2v) is 10.3. The fourth-order valence-electron chi connectivity index (χ4n) is 5.80. The maximum Gasteiger partial charge on any atom is 0.124 e. The maximum atomic E-state index is 4.86. The van der Waals surface area contributed by atoms with E-state index in [2.05, 4.69) is 80.2 Å². The van der Waals surface area contributed by atoms with Crippen LogP contribution >= 0.6 is 0 Å². The lowest BCUT2D eigenvalue weighted by atomic mass is 9.99. The molecule has 4 heterocycles. The Bertz CT molecular complexity index is 1520. The molecule has 0 radical (unpaired) electrons. The number of hydrogen-bond donors (Lipinski definition) is 4. The van der Waals surface area contributed by atoms with Crippen LogP contribution in [0.3, 0.4) is 0 Å². The minimum Gasteiger partial charge on any atom is -0.341 e. The highest BCUT2D eigenvalue weighted by atomic mass is 15.0. The van der Waals surface area contributed by atoms with Crippen molar-refractivity contribution in [2.75, 3.05) is 13.1 Å². The van der Waals surface area contributed by atoms with Crippen LogP contribution in [0.1, 0.15) is 62.3 Å². The summed E-state index contributed by atoms with van der Waals surface area (Å²) in [6.45, 7) is 2.15. The SMILES string of the molecule is c1cc2cc(-c3cnc(C4CCCCN4)[nH]3)ccc2cc1-c1ccc2nc(C3CCCCN3)[nH]c2c1. The van der Waals surface area contributed by atoms with Gasteiger partial charge in [-0.25, -0.2) is 9.97 Å². The van der Waals surface area contributed by atoms with Crippen molar-refractivity contribution in [3.05, 3.63) is 72.4 Å². The molecule has 3 aromatic carbocycles. The molecule has 5 aromatic rings. The number of benzene rings is 3. The molecule has 6 heteroatoms. The van der Waals surface area contributed by atoms with Crippen LogP contribution in [0.25, 0.3) is 44.2 Å². The van der Waals surface area contributed by atoms with E-state index in [9.17, 15) is 0 Å². The number of aromatic nitrogens is 4. The van der Waals surface area contributed by atoms with E-state index in [-0.39, 0.29) is 0 Å². The summed E-state index contributed by atoms with van der Waals surface area (Å²) in [6, 6.07) is 20.6. The van der Waals surface area contributed by atoms with Gasteiger partial charge in [-0.3, -0.25) is 0 Å². The standard InChI is InChI=1S/C30H32N6/c1-3-13-31-25(5-1)29-33-18-28(36-29)23-10-9-19-15-20(7-8-21(19)16-23)22-11-12-24-27(17-22)35-30(34-24)26-6-2-4-14-32-26/h7-12,15-18,25-26,31-32H,1-6,13-14H2,(H,33,36)(H,34,35). The van der Waals surface area contributed by atoms with Gasteiger partial charge >= 0.3 is 0 Å². The van der Waals surface area contributed by atoms with Gasteiger partial charge in [-0.1, -0.05) is 43.2 Å². The van der Waals surface area contributed by atoms with E-state index in [0.29, 0.717) is 12.1 Å². The number of nitrogens with zero attached hydrogens (tertiary/aromatic N) is 2. The predicted molar refractivity (Wildman–Crippen MR) is 146 cm³/mol. The lowest BCUT2D eigenvalue weighted by molar-refractivity contribution is 0.399. The van der Waals surface area contributed by atoms with Crippen molar-refractivity contribution in [3.8, 4) is 22.4 Å². The van der Waals surface area contributed by atoms with Crippen molar-refractivity contribution >= 4 is 21.8 Å². The van der Waals surface area contributed by atoms with Crippen LogP contribution < -0.4 is 10.6 Å². The third-order valence-electron chi connectivity index (χ3n) is 7.86. The molecule has 0 bridgehead atoms. The van der Waals surface area contributed by atoms with E-state index >= 15 is 0 Å². The lowest BCUT2D eigenvalue weighted by Gasteiger charge is -2.21. The van der Waals surface area contributed by atoms with Crippen LogP contribution in [0.4, 0.5) is 0 Å². The molecular formula is C30H32N6. The monoisotopic (exact) mass is 476 g/mol. The quantitative estimate of drug-likeness (QED) is 0.242. The molecule has 0 amide bonds. The molecule has 2 fully saturated rings. The third kappa shape index (κ3) is 4.10. The first-order chi connectivity index (χ1) is 17.8. The minimum absolute atomic E-state index is 0.342. The van der Waals surface area contributed by atoms with Crippen molar-refractivity contribution in [2.45, 2.75) is 50.6 Å². The topological polar surface area (TPSA) is 81.4 Å². The van der Waals surface area contributed by atoms with Crippen LogP contribution in [0.2, 0.25) is 0 Å². The van der Waals surface area contributed by atoms with Gasteiger partial charge in [-0.05, 0) is 84.9 Å². The Hall–Kier alpha value is -3.48. The predicted octanol–water partition coefficient (Wildman–Crippen LogP) is 6.40. The first-order valence-electron chi connectivity index (χ1n) is 13.4. The van der Waals surface area contributed by atoms with Gasteiger partial charge in [0.25, 0.3) is 0 Å². The van der Waals surface area contributed by atoms with Crippen LogP contribution in [-0.4, -0.2) is 33.0 Å². The van der Waals surface area contributed by atoms with E-state index < -0.39 is 0 Å². The highest BCUT2D eigenvalue weighted by Gasteiger charge is 2.19. The first-order valence-corrected chi connectivity index (χ1v) is 13.4. The fraction of sp³-hybridized carbons (Fsp3) is 0.333. The molecule has 2 saturated heterocycles. The number of fused-ring (bicyclic) bond motifs is 2.